The predicted octanol–water partition coefficient (Wildman–Crippen LogP) is 6.23. The van der Waals surface area contributed by atoms with E-state index in [1.807, 2.05) is 19.1 Å². The van der Waals surface area contributed by atoms with Gasteiger partial charge in [0.1, 0.15) is 5.76 Å². The number of oxazole rings is 1. The Bertz CT molecular complexity index is 1300. The summed E-state index contributed by atoms with van der Waals surface area (Å²) in [5.41, 5.74) is 4.17. The van der Waals surface area contributed by atoms with Gasteiger partial charge in [0.15, 0.2) is 11.5 Å². The minimum atomic E-state index is -0.209. The van der Waals surface area contributed by atoms with Crippen LogP contribution in [0.1, 0.15) is 27.4 Å². The number of anilines is 1. The number of amides is 1. The van der Waals surface area contributed by atoms with Gasteiger partial charge in [-0.1, -0.05) is 17.7 Å². The average Bonchev–Trinajstić information content (AvgIpc) is 3.45. The van der Waals surface area contributed by atoms with E-state index in [0.717, 1.165) is 22.8 Å². The molecule has 0 saturated heterocycles. The average molecular weight is 459 g/mol. The van der Waals surface area contributed by atoms with Crippen molar-refractivity contribution >= 4 is 23.4 Å². The third-order valence-corrected chi connectivity index (χ3v) is 6.34. The van der Waals surface area contributed by atoms with E-state index in [4.69, 9.17) is 13.9 Å². The van der Waals surface area contributed by atoms with E-state index in [1.165, 1.54) is 10.5 Å². The van der Waals surface area contributed by atoms with Crippen molar-refractivity contribution in [2.75, 3.05) is 12.1 Å². The van der Waals surface area contributed by atoms with E-state index in [9.17, 15) is 4.79 Å². The number of rotatable bonds is 6. The monoisotopic (exact) mass is 458 g/mol. The fourth-order valence-electron chi connectivity index (χ4n) is 3.41. The summed E-state index contributed by atoms with van der Waals surface area (Å²) < 4.78 is 16.6. The zero-order valence-electron chi connectivity index (χ0n) is 18.3. The predicted molar refractivity (Wildman–Crippen MR) is 128 cm³/mol. The van der Waals surface area contributed by atoms with Crippen LogP contribution in [0.25, 0.3) is 11.5 Å². The molecule has 0 radical (unpaired) electrons. The minimum absolute atomic E-state index is 0.195. The Kier molecular flexibility index (Phi) is 5.79. The highest BCUT2D eigenvalue weighted by Gasteiger charge is 2.16. The molecule has 1 aromatic heterocycles. The molecule has 2 heterocycles. The summed E-state index contributed by atoms with van der Waals surface area (Å²) >= 11 is 1.73. The lowest BCUT2D eigenvalue weighted by molar-refractivity contribution is 0.102. The summed E-state index contributed by atoms with van der Waals surface area (Å²) in [6.07, 6.45) is 0. The molecule has 0 atom stereocenters. The van der Waals surface area contributed by atoms with Crippen molar-refractivity contribution in [3.63, 3.8) is 0 Å². The van der Waals surface area contributed by atoms with Crippen LogP contribution >= 0.6 is 11.8 Å². The van der Waals surface area contributed by atoms with Crippen LogP contribution in [0.15, 0.2) is 76.0 Å². The Labute approximate surface area is 195 Å². The lowest BCUT2D eigenvalue weighted by Gasteiger charge is -2.06. The summed E-state index contributed by atoms with van der Waals surface area (Å²) in [6, 6.07) is 21.0. The highest BCUT2D eigenvalue weighted by Crippen LogP contribution is 2.34. The first-order valence-corrected chi connectivity index (χ1v) is 11.5. The van der Waals surface area contributed by atoms with E-state index < -0.39 is 0 Å². The summed E-state index contributed by atoms with van der Waals surface area (Å²) in [5, 5.41) is 2.88. The number of hydrogen-bond donors (Lipinski definition) is 1. The highest BCUT2D eigenvalue weighted by molar-refractivity contribution is 7.98. The maximum atomic E-state index is 12.6. The van der Waals surface area contributed by atoms with Gasteiger partial charge in [-0.05, 0) is 62.4 Å². The van der Waals surface area contributed by atoms with Crippen molar-refractivity contribution in [3.05, 3.63) is 89.3 Å². The number of carbonyl (C=O) groups is 1. The van der Waals surface area contributed by atoms with E-state index in [1.54, 1.807) is 42.1 Å². The summed E-state index contributed by atoms with van der Waals surface area (Å²) in [6.45, 7) is 4.20. The van der Waals surface area contributed by atoms with Crippen molar-refractivity contribution in [1.29, 1.82) is 0 Å². The van der Waals surface area contributed by atoms with Crippen LogP contribution in [0.3, 0.4) is 0 Å². The van der Waals surface area contributed by atoms with Crippen LogP contribution < -0.4 is 14.8 Å². The number of hydrogen-bond acceptors (Lipinski definition) is 6. The number of thioether (sulfide) groups is 1. The normalized spacial score (nSPS) is 12.1. The fraction of sp³-hybridized carbons (Fsp3) is 0.154. The zero-order valence-corrected chi connectivity index (χ0v) is 19.1. The molecule has 33 heavy (non-hydrogen) atoms. The second kappa shape index (κ2) is 9.03. The van der Waals surface area contributed by atoms with E-state index >= 15 is 0 Å². The molecule has 1 aliphatic rings. The first-order chi connectivity index (χ1) is 16.0. The molecule has 1 amide bonds. The molecule has 1 N–H and O–H groups in total. The maximum absolute atomic E-state index is 12.6. The molecule has 7 heteroatoms. The number of aryl methyl sites for hydroxylation is 2. The van der Waals surface area contributed by atoms with Crippen LogP contribution in [0.4, 0.5) is 5.69 Å². The van der Waals surface area contributed by atoms with Gasteiger partial charge in [-0.3, -0.25) is 4.79 Å². The van der Waals surface area contributed by atoms with Crippen LogP contribution in [0.5, 0.6) is 11.5 Å². The summed E-state index contributed by atoms with van der Waals surface area (Å²) in [5.74, 6) is 3.17. The van der Waals surface area contributed by atoms with Crippen molar-refractivity contribution < 1.29 is 18.7 Å². The molecule has 0 bridgehead atoms. The van der Waals surface area contributed by atoms with Gasteiger partial charge in [0.2, 0.25) is 12.7 Å². The molecule has 166 valence electrons. The standard InChI is InChI=1S/C26H22N2O4S/c1-16-3-10-21(11-4-16)33-14-22-17(2)32-26(28-22)19-7-5-18(6-8-19)25(29)27-20-9-12-23-24(13-20)31-15-30-23/h3-13H,14-15H2,1-2H3,(H,27,29). The van der Waals surface area contributed by atoms with Crippen LogP contribution in [0, 0.1) is 13.8 Å². The summed E-state index contributed by atoms with van der Waals surface area (Å²) in [7, 11) is 0. The molecule has 0 saturated carbocycles. The number of benzene rings is 3. The topological polar surface area (TPSA) is 73.6 Å². The summed E-state index contributed by atoms with van der Waals surface area (Å²) in [4.78, 5) is 18.5. The number of nitrogens with one attached hydrogen (secondary N) is 1. The third-order valence-electron chi connectivity index (χ3n) is 5.31. The van der Waals surface area contributed by atoms with Gasteiger partial charge in [-0.2, -0.15) is 0 Å². The van der Waals surface area contributed by atoms with Crippen LogP contribution in [0.2, 0.25) is 0 Å². The third kappa shape index (κ3) is 4.73. The van der Waals surface area contributed by atoms with Crippen LogP contribution in [-0.4, -0.2) is 17.7 Å². The Morgan fingerprint density at radius 2 is 1.73 bits per heavy atom. The highest BCUT2D eigenvalue weighted by atomic mass is 32.2. The quantitative estimate of drug-likeness (QED) is 0.345. The molecule has 3 aromatic carbocycles. The van der Waals surface area contributed by atoms with E-state index in [0.29, 0.717) is 28.6 Å². The Morgan fingerprint density at radius 1 is 0.970 bits per heavy atom. The lowest BCUT2D eigenvalue weighted by Crippen LogP contribution is -2.11. The molecule has 0 aliphatic carbocycles. The Morgan fingerprint density at radius 3 is 2.52 bits per heavy atom. The molecule has 0 unspecified atom stereocenters. The minimum Gasteiger partial charge on any atom is -0.454 e. The maximum Gasteiger partial charge on any atom is 0.255 e. The molecule has 6 nitrogen and oxygen atoms in total. The molecule has 5 rings (SSSR count). The molecular weight excluding hydrogens is 436 g/mol. The smallest absolute Gasteiger partial charge is 0.255 e. The SMILES string of the molecule is Cc1ccc(SCc2nc(-c3ccc(C(=O)Nc4ccc5c(c4)OCO5)cc3)oc2C)cc1. The first-order valence-electron chi connectivity index (χ1n) is 10.5. The Hall–Kier alpha value is -3.71. The van der Waals surface area contributed by atoms with Crippen molar-refractivity contribution in [1.82, 2.24) is 4.98 Å². The fourth-order valence-corrected chi connectivity index (χ4v) is 4.31. The first kappa shape index (κ1) is 21.2. The molecule has 0 fully saturated rings. The van der Waals surface area contributed by atoms with E-state index in [2.05, 4.69) is 41.5 Å². The molecular formula is C26H22N2O4S. The van der Waals surface area contributed by atoms with Gasteiger partial charge in [0.25, 0.3) is 5.91 Å². The van der Waals surface area contributed by atoms with Gasteiger partial charge in [-0.15, -0.1) is 11.8 Å². The number of nitrogens with zero attached hydrogens (tertiary/aromatic N) is 1. The van der Waals surface area contributed by atoms with Crippen molar-refractivity contribution in [2.45, 2.75) is 24.5 Å². The van der Waals surface area contributed by atoms with Crippen molar-refractivity contribution in [3.8, 4) is 23.0 Å². The van der Waals surface area contributed by atoms with Crippen molar-refractivity contribution in [2.24, 2.45) is 0 Å². The van der Waals surface area contributed by atoms with Gasteiger partial charge in [0, 0.05) is 33.5 Å². The molecule has 4 aromatic rings. The number of fused-ring (bicyclic) bond motifs is 1. The zero-order chi connectivity index (χ0) is 22.8. The Balaban J connectivity index is 1.25. The molecule has 1 aliphatic heterocycles. The number of ether oxygens (including phenoxy) is 2. The van der Waals surface area contributed by atoms with Crippen LogP contribution in [-0.2, 0) is 5.75 Å². The van der Waals surface area contributed by atoms with E-state index in [-0.39, 0.29) is 12.7 Å². The number of aromatic nitrogens is 1. The van der Waals surface area contributed by atoms with Gasteiger partial charge in [0.05, 0.1) is 5.69 Å². The van der Waals surface area contributed by atoms with Gasteiger partial charge in [-0.25, -0.2) is 4.98 Å². The van der Waals surface area contributed by atoms with Gasteiger partial charge < -0.3 is 19.2 Å². The second-order valence-electron chi connectivity index (χ2n) is 7.72. The van der Waals surface area contributed by atoms with Gasteiger partial charge >= 0.3 is 0 Å². The number of carbonyl (C=O) groups excluding carboxylic acids is 1. The lowest BCUT2D eigenvalue weighted by atomic mass is 10.1. The second-order valence-corrected chi connectivity index (χ2v) is 8.77. The molecule has 0 spiro atoms. The largest absolute Gasteiger partial charge is 0.454 e.